The van der Waals surface area contributed by atoms with Gasteiger partial charge in [0.1, 0.15) is 16.6 Å². The van der Waals surface area contributed by atoms with E-state index in [0.29, 0.717) is 11.3 Å². The zero-order valence-electron chi connectivity index (χ0n) is 24.2. The number of nitrogens with zero attached hydrogens (tertiary/aromatic N) is 4. The molecule has 6 nitrogen and oxygen atoms in total. The molecule has 1 aliphatic carbocycles. The van der Waals surface area contributed by atoms with Gasteiger partial charge in [-0.25, -0.2) is 15.0 Å². The lowest BCUT2D eigenvalue weighted by molar-refractivity contribution is 0.425. The number of hydrogen-bond donors (Lipinski definition) is 2. The van der Waals surface area contributed by atoms with Crippen molar-refractivity contribution in [1.82, 2.24) is 15.0 Å². The molecule has 9 rings (SSSR count). The van der Waals surface area contributed by atoms with Gasteiger partial charge in [-0.05, 0) is 40.7 Å². The van der Waals surface area contributed by atoms with Crippen molar-refractivity contribution in [3.05, 3.63) is 144 Å². The Kier molecular flexibility index (Phi) is 6.09. The third-order valence-corrected chi connectivity index (χ3v) is 10.3. The fourth-order valence-electron chi connectivity index (χ4n) is 7.15. The number of allylic oxidation sites excluding steroid dienone is 4. The topological polar surface area (TPSA) is 82.4 Å². The van der Waals surface area contributed by atoms with Crippen molar-refractivity contribution in [3.8, 4) is 22.5 Å². The summed E-state index contributed by atoms with van der Waals surface area (Å²) in [7, 11) is -1.56. The summed E-state index contributed by atoms with van der Waals surface area (Å²) in [5.74, 6) is 2.06. The highest BCUT2D eigenvalue weighted by Crippen LogP contribution is 2.63. The van der Waals surface area contributed by atoms with E-state index in [4.69, 9.17) is 15.0 Å². The minimum Gasteiger partial charge on any atom is -0.423 e. The van der Waals surface area contributed by atoms with Crippen LogP contribution in [0.5, 0.6) is 0 Å². The average molecular weight is 603 g/mol. The molecule has 3 atom stereocenters. The summed E-state index contributed by atoms with van der Waals surface area (Å²) in [6.07, 6.45) is 9.31. The monoisotopic (exact) mass is 602 g/mol. The fraction of sp³-hybridized carbons (Fsp3) is 0.108. The quantitative estimate of drug-likeness (QED) is 0.211. The van der Waals surface area contributed by atoms with Crippen molar-refractivity contribution in [2.24, 2.45) is 0 Å². The summed E-state index contributed by atoms with van der Waals surface area (Å²) in [4.78, 5) is 18.0. The molecule has 2 aromatic heterocycles. The number of para-hydroxylation sites is 1. The maximum atomic E-state index is 10.2. The molecule has 0 radical (unpaired) electrons. The third-order valence-electron chi connectivity index (χ3n) is 9.18. The molecule has 0 saturated carbocycles. The van der Waals surface area contributed by atoms with Gasteiger partial charge in [0.15, 0.2) is 5.82 Å². The molecular weight excluding hydrogens is 575 g/mol. The van der Waals surface area contributed by atoms with E-state index >= 15 is 0 Å². The van der Waals surface area contributed by atoms with Crippen molar-refractivity contribution in [3.63, 3.8) is 0 Å². The molecule has 0 spiro atoms. The van der Waals surface area contributed by atoms with Gasteiger partial charge in [-0.1, -0.05) is 109 Å². The number of rotatable bonds is 4. The van der Waals surface area contributed by atoms with Crippen LogP contribution in [0.3, 0.4) is 0 Å². The second kappa shape index (κ2) is 10.3. The molecule has 0 amide bonds. The highest BCUT2D eigenvalue weighted by Gasteiger charge is 2.48. The van der Waals surface area contributed by atoms with E-state index in [1.165, 1.54) is 10.3 Å². The molecule has 3 aliphatic rings. The van der Waals surface area contributed by atoms with E-state index in [-0.39, 0.29) is 17.9 Å². The van der Waals surface area contributed by atoms with Gasteiger partial charge in [0.2, 0.25) is 0 Å². The maximum absolute atomic E-state index is 10.2. The summed E-state index contributed by atoms with van der Waals surface area (Å²) in [6.45, 7) is 0. The summed E-state index contributed by atoms with van der Waals surface area (Å²) in [6, 6.07) is 32.9. The summed E-state index contributed by atoms with van der Waals surface area (Å²) < 4.78 is 1.19. The molecule has 2 aliphatic heterocycles. The van der Waals surface area contributed by atoms with E-state index < -0.39 is 7.12 Å². The minimum absolute atomic E-state index is 0.0633. The number of fused-ring (bicyclic) bond motifs is 10. The largest absolute Gasteiger partial charge is 0.488 e. The van der Waals surface area contributed by atoms with Gasteiger partial charge in [-0.2, -0.15) is 0 Å². The van der Waals surface area contributed by atoms with Crippen LogP contribution < -0.4 is 10.4 Å². The fourth-order valence-corrected chi connectivity index (χ4v) is 8.41. The van der Waals surface area contributed by atoms with Gasteiger partial charge in [-0.3, -0.25) is 0 Å². The van der Waals surface area contributed by atoms with Crippen LogP contribution >= 0.6 is 11.3 Å². The highest BCUT2D eigenvalue weighted by molar-refractivity contribution is 7.23. The van der Waals surface area contributed by atoms with Gasteiger partial charge in [0.05, 0.1) is 12.0 Å². The van der Waals surface area contributed by atoms with Crippen LogP contribution in [0.4, 0.5) is 10.7 Å². The number of aromatic nitrogens is 3. The van der Waals surface area contributed by atoms with Gasteiger partial charge in [-0.15, -0.1) is 11.3 Å². The smallest absolute Gasteiger partial charge is 0.423 e. The molecule has 216 valence electrons. The van der Waals surface area contributed by atoms with E-state index in [2.05, 4.69) is 95.9 Å². The molecule has 6 aromatic rings. The van der Waals surface area contributed by atoms with Gasteiger partial charge in [0, 0.05) is 32.8 Å². The molecule has 0 bridgehead atoms. The zero-order chi connectivity index (χ0) is 30.1. The van der Waals surface area contributed by atoms with Crippen molar-refractivity contribution in [1.29, 1.82) is 0 Å². The van der Waals surface area contributed by atoms with Gasteiger partial charge in [0.25, 0.3) is 0 Å². The first-order valence-corrected chi connectivity index (χ1v) is 16.0. The van der Waals surface area contributed by atoms with E-state index in [1.807, 2.05) is 30.3 Å². The first-order valence-electron chi connectivity index (χ1n) is 15.2. The second-order valence-electron chi connectivity index (χ2n) is 11.7. The summed E-state index contributed by atoms with van der Waals surface area (Å²) in [5, 5.41) is 22.7. The minimum atomic E-state index is -1.56. The summed E-state index contributed by atoms with van der Waals surface area (Å²) >= 11 is 1.77. The van der Waals surface area contributed by atoms with Crippen LogP contribution in [0.25, 0.3) is 32.6 Å². The van der Waals surface area contributed by atoms with E-state index in [0.717, 1.165) is 56.4 Å². The maximum Gasteiger partial charge on any atom is 0.488 e. The van der Waals surface area contributed by atoms with Crippen molar-refractivity contribution in [2.45, 2.75) is 24.3 Å². The Bertz CT molecular complexity index is 2180. The first kappa shape index (κ1) is 26.5. The van der Waals surface area contributed by atoms with Crippen molar-refractivity contribution < 1.29 is 10.0 Å². The lowest BCUT2D eigenvalue weighted by Gasteiger charge is -2.36. The molecule has 0 saturated heterocycles. The highest BCUT2D eigenvalue weighted by atomic mass is 32.1. The molecule has 4 heterocycles. The number of hydrogen-bond acceptors (Lipinski definition) is 7. The Balaban J connectivity index is 1.31. The lowest BCUT2D eigenvalue weighted by atomic mass is 9.75. The molecule has 45 heavy (non-hydrogen) atoms. The Morgan fingerprint density at radius 3 is 2.42 bits per heavy atom. The number of benzene rings is 4. The average Bonchev–Trinajstić information content (AvgIpc) is 3.65. The molecule has 0 fully saturated rings. The van der Waals surface area contributed by atoms with E-state index in [1.54, 1.807) is 11.3 Å². The second-order valence-corrected chi connectivity index (χ2v) is 12.8. The third kappa shape index (κ3) is 4.14. The van der Waals surface area contributed by atoms with Crippen LogP contribution in [0.2, 0.25) is 0 Å². The molecular formula is C37H27BN4O2S. The zero-order valence-corrected chi connectivity index (χ0v) is 25.0. The van der Waals surface area contributed by atoms with Crippen LogP contribution in [0, 0.1) is 0 Å². The SMILES string of the molecule is OB(O)c1ccc2c(c1)-c1c(sc3ccccc13)N1c3ccccc3C(c3nc(-c4ccccc4)nc(C4C=CC=CC4)n3)C21. The predicted molar refractivity (Wildman–Crippen MR) is 181 cm³/mol. The first-order chi connectivity index (χ1) is 22.2. The Morgan fingerprint density at radius 2 is 1.58 bits per heavy atom. The van der Waals surface area contributed by atoms with Crippen LogP contribution in [-0.2, 0) is 0 Å². The molecule has 8 heteroatoms. The van der Waals surface area contributed by atoms with Crippen molar-refractivity contribution >= 4 is 44.7 Å². The molecule has 4 aromatic carbocycles. The molecule has 3 unspecified atom stereocenters. The predicted octanol–water partition coefficient (Wildman–Crippen LogP) is 7.04. The Hall–Kier alpha value is -4.89. The van der Waals surface area contributed by atoms with Crippen LogP contribution in [0.1, 0.15) is 47.1 Å². The Labute approximate surface area is 264 Å². The standard InChI is InChI=1S/C37H27BN4O2S/c43-38(44)24-19-20-25-28(21-24)31-27-16-8-10-18-30(27)45-37(31)42-29-17-9-7-15-26(29)32(33(25)42)36-40-34(22-11-3-1-4-12-22)39-35(41-36)23-13-5-2-6-14-23/h1-13,15-21,23,32-33,43-44H,14H2. The van der Waals surface area contributed by atoms with E-state index in [9.17, 15) is 10.0 Å². The summed E-state index contributed by atoms with van der Waals surface area (Å²) in [5.41, 5.74) is 6.99. The van der Waals surface area contributed by atoms with Crippen LogP contribution in [0.15, 0.2) is 121 Å². The normalized spacial score (nSPS) is 19.2. The lowest BCUT2D eigenvalue weighted by Crippen LogP contribution is -2.32. The van der Waals surface area contributed by atoms with Gasteiger partial charge >= 0.3 is 7.12 Å². The number of thiophene rings is 1. The molecule has 2 N–H and O–H groups in total. The Morgan fingerprint density at radius 1 is 0.778 bits per heavy atom. The number of anilines is 2. The van der Waals surface area contributed by atoms with Gasteiger partial charge < -0.3 is 14.9 Å². The van der Waals surface area contributed by atoms with Crippen molar-refractivity contribution in [2.75, 3.05) is 4.90 Å². The van der Waals surface area contributed by atoms with Crippen LogP contribution in [-0.4, -0.2) is 32.1 Å².